The highest BCUT2D eigenvalue weighted by Crippen LogP contribution is 2.30. The molecule has 0 radical (unpaired) electrons. The van der Waals surface area contributed by atoms with E-state index < -0.39 is 0 Å². The third-order valence-corrected chi connectivity index (χ3v) is 4.92. The van der Waals surface area contributed by atoms with Crippen molar-refractivity contribution in [2.24, 2.45) is 5.92 Å². The van der Waals surface area contributed by atoms with Crippen LogP contribution in [0.5, 0.6) is 0 Å². The summed E-state index contributed by atoms with van der Waals surface area (Å²) in [6.45, 7) is 7.36. The number of rotatable bonds is 6. The molecule has 1 aromatic heterocycles. The number of nitrogens with zero attached hydrogens (tertiary/aromatic N) is 2. The molecule has 1 aromatic rings. The zero-order valence-electron chi connectivity index (χ0n) is 13.7. The maximum Gasteiger partial charge on any atom is 0.249 e. The minimum Gasteiger partial charge on any atom is -0.381 e. The first-order chi connectivity index (χ1) is 10.5. The van der Waals surface area contributed by atoms with Crippen LogP contribution in [0.15, 0.2) is 4.52 Å². The number of amides is 1. The van der Waals surface area contributed by atoms with E-state index in [9.17, 15) is 4.79 Å². The average Bonchev–Trinajstić information content (AvgIpc) is 3.02. The number of carbonyl (C=O) groups excluding carboxylic acids is 1. The van der Waals surface area contributed by atoms with Crippen LogP contribution in [0.4, 0.5) is 0 Å². The molecule has 2 atom stereocenters. The lowest BCUT2D eigenvalue weighted by atomic mass is 9.91. The van der Waals surface area contributed by atoms with Gasteiger partial charge in [0.15, 0.2) is 5.82 Å². The zero-order chi connectivity index (χ0) is 16.1. The molecule has 6 nitrogen and oxygen atoms in total. The number of carbonyl (C=O) groups is 1. The van der Waals surface area contributed by atoms with Gasteiger partial charge in [-0.25, -0.2) is 0 Å². The van der Waals surface area contributed by atoms with E-state index in [4.69, 9.17) is 9.26 Å². The SMILES string of the molecule is CS[C@H](C)C(=O)N[C@H](c1nc(C(C)C)no1)C1CCOCC1. The number of hydrogen-bond acceptors (Lipinski definition) is 6. The fraction of sp³-hybridized carbons (Fsp3) is 0.800. The molecule has 0 saturated carbocycles. The Kier molecular flexibility index (Phi) is 6.26. The van der Waals surface area contributed by atoms with E-state index in [0.717, 1.165) is 12.8 Å². The minimum atomic E-state index is -0.231. The van der Waals surface area contributed by atoms with Gasteiger partial charge in [0.1, 0.15) is 6.04 Å². The van der Waals surface area contributed by atoms with Gasteiger partial charge < -0.3 is 14.6 Å². The monoisotopic (exact) mass is 327 g/mol. The van der Waals surface area contributed by atoms with E-state index in [-0.39, 0.29) is 29.0 Å². The van der Waals surface area contributed by atoms with Crippen LogP contribution in [0.2, 0.25) is 0 Å². The van der Waals surface area contributed by atoms with Gasteiger partial charge in [0.05, 0.1) is 5.25 Å². The first kappa shape index (κ1) is 17.3. The standard InChI is InChI=1S/C15H25N3O3S/c1-9(2)13-17-15(21-18-13)12(11-5-7-20-8-6-11)16-14(19)10(3)22-4/h9-12H,5-8H2,1-4H3,(H,16,19)/t10-,12+/m1/s1. The predicted octanol–water partition coefficient (Wildman–Crippen LogP) is 2.53. The van der Waals surface area contributed by atoms with E-state index in [0.29, 0.717) is 24.9 Å². The summed E-state index contributed by atoms with van der Waals surface area (Å²) in [6.07, 6.45) is 3.70. The van der Waals surface area contributed by atoms with Crippen LogP contribution in [0.3, 0.4) is 0 Å². The second-order valence-corrected chi connectivity index (χ2v) is 7.14. The summed E-state index contributed by atoms with van der Waals surface area (Å²) < 4.78 is 10.9. The van der Waals surface area contributed by atoms with E-state index >= 15 is 0 Å². The lowest BCUT2D eigenvalue weighted by molar-refractivity contribution is -0.122. The first-order valence-electron chi connectivity index (χ1n) is 7.77. The molecule has 124 valence electrons. The Morgan fingerprint density at radius 3 is 2.55 bits per heavy atom. The van der Waals surface area contributed by atoms with Crippen LogP contribution in [0.25, 0.3) is 0 Å². The minimum absolute atomic E-state index is 0.00767. The van der Waals surface area contributed by atoms with E-state index in [1.54, 1.807) is 0 Å². The summed E-state index contributed by atoms with van der Waals surface area (Å²) >= 11 is 1.52. The second kappa shape index (κ2) is 7.97. The Bertz CT molecular complexity index is 486. The van der Waals surface area contributed by atoms with Crippen molar-refractivity contribution >= 4 is 17.7 Å². The molecule has 1 aliphatic rings. The molecular weight excluding hydrogens is 302 g/mol. The Hall–Kier alpha value is -1.08. The lowest BCUT2D eigenvalue weighted by Gasteiger charge is -2.29. The second-order valence-electron chi connectivity index (χ2n) is 5.96. The Morgan fingerprint density at radius 1 is 1.32 bits per heavy atom. The molecule has 1 N–H and O–H groups in total. The molecular formula is C15H25N3O3S. The molecule has 0 aliphatic carbocycles. The molecule has 1 saturated heterocycles. The fourth-order valence-electron chi connectivity index (χ4n) is 2.42. The summed E-state index contributed by atoms with van der Waals surface area (Å²) in [5.41, 5.74) is 0. The number of nitrogens with one attached hydrogen (secondary N) is 1. The highest BCUT2D eigenvalue weighted by Gasteiger charge is 2.32. The van der Waals surface area contributed by atoms with Crippen LogP contribution in [-0.2, 0) is 9.53 Å². The number of thioether (sulfide) groups is 1. The Balaban J connectivity index is 2.17. The third-order valence-electron chi connectivity index (χ3n) is 4.00. The number of hydrogen-bond donors (Lipinski definition) is 1. The molecule has 7 heteroatoms. The van der Waals surface area contributed by atoms with Gasteiger partial charge in [-0.05, 0) is 31.9 Å². The van der Waals surface area contributed by atoms with Gasteiger partial charge >= 0.3 is 0 Å². The van der Waals surface area contributed by atoms with Gasteiger partial charge in [0.2, 0.25) is 11.8 Å². The van der Waals surface area contributed by atoms with Crippen molar-refractivity contribution in [1.82, 2.24) is 15.5 Å². The summed E-state index contributed by atoms with van der Waals surface area (Å²) in [6, 6.07) is -0.231. The van der Waals surface area contributed by atoms with Crippen molar-refractivity contribution in [2.75, 3.05) is 19.5 Å². The van der Waals surface area contributed by atoms with E-state index in [1.807, 2.05) is 27.0 Å². The fourth-order valence-corrected chi connectivity index (χ4v) is 2.70. The summed E-state index contributed by atoms with van der Waals surface area (Å²) in [4.78, 5) is 16.8. The molecule has 2 rings (SSSR count). The highest BCUT2D eigenvalue weighted by atomic mass is 32.2. The van der Waals surface area contributed by atoms with Crippen LogP contribution in [0.1, 0.15) is 57.3 Å². The normalized spacial score (nSPS) is 19.1. The largest absolute Gasteiger partial charge is 0.381 e. The molecule has 0 spiro atoms. The topological polar surface area (TPSA) is 77.3 Å². The van der Waals surface area contributed by atoms with Crippen molar-refractivity contribution in [1.29, 1.82) is 0 Å². The van der Waals surface area contributed by atoms with Crippen molar-refractivity contribution in [3.05, 3.63) is 11.7 Å². The van der Waals surface area contributed by atoms with Crippen LogP contribution in [0, 0.1) is 5.92 Å². The predicted molar refractivity (Wildman–Crippen MR) is 85.8 cm³/mol. The van der Waals surface area contributed by atoms with Crippen molar-refractivity contribution in [3.8, 4) is 0 Å². The lowest BCUT2D eigenvalue weighted by Crippen LogP contribution is -2.39. The van der Waals surface area contributed by atoms with Crippen molar-refractivity contribution in [2.45, 2.75) is 50.8 Å². The van der Waals surface area contributed by atoms with Crippen LogP contribution in [-0.4, -0.2) is 40.8 Å². The van der Waals surface area contributed by atoms with Gasteiger partial charge in [-0.3, -0.25) is 4.79 Å². The first-order valence-corrected chi connectivity index (χ1v) is 9.06. The number of aromatic nitrogens is 2. The molecule has 0 aromatic carbocycles. The molecule has 0 unspecified atom stereocenters. The summed E-state index contributed by atoms with van der Waals surface area (Å²) in [5.74, 6) is 1.67. The van der Waals surface area contributed by atoms with Gasteiger partial charge in [0, 0.05) is 19.1 Å². The smallest absolute Gasteiger partial charge is 0.249 e. The molecule has 22 heavy (non-hydrogen) atoms. The van der Waals surface area contributed by atoms with Crippen LogP contribution < -0.4 is 5.32 Å². The quantitative estimate of drug-likeness (QED) is 0.865. The highest BCUT2D eigenvalue weighted by molar-refractivity contribution is 7.99. The van der Waals surface area contributed by atoms with Gasteiger partial charge in [-0.15, -0.1) is 0 Å². The maximum atomic E-state index is 12.3. The van der Waals surface area contributed by atoms with Gasteiger partial charge in [0.25, 0.3) is 0 Å². The van der Waals surface area contributed by atoms with E-state index in [1.165, 1.54) is 11.8 Å². The molecule has 1 fully saturated rings. The summed E-state index contributed by atoms with van der Waals surface area (Å²) in [5, 5.41) is 7.02. The van der Waals surface area contributed by atoms with Crippen LogP contribution >= 0.6 is 11.8 Å². The molecule has 1 aliphatic heterocycles. The molecule has 1 amide bonds. The van der Waals surface area contributed by atoms with Crippen molar-refractivity contribution in [3.63, 3.8) is 0 Å². The summed E-state index contributed by atoms with van der Waals surface area (Å²) in [7, 11) is 0. The van der Waals surface area contributed by atoms with Crippen molar-refractivity contribution < 1.29 is 14.1 Å². The number of ether oxygens (including phenoxy) is 1. The van der Waals surface area contributed by atoms with Gasteiger partial charge in [-0.2, -0.15) is 16.7 Å². The van der Waals surface area contributed by atoms with E-state index in [2.05, 4.69) is 15.5 Å². The zero-order valence-corrected chi connectivity index (χ0v) is 14.5. The van der Waals surface area contributed by atoms with Gasteiger partial charge in [-0.1, -0.05) is 19.0 Å². The average molecular weight is 327 g/mol. The molecule has 2 heterocycles. The molecule has 0 bridgehead atoms. The Labute approximate surface area is 135 Å². The third kappa shape index (κ3) is 4.23. The maximum absolute atomic E-state index is 12.3. The Morgan fingerprint density at radius 2 is 2.00 bits per heavy atom.